The van der Waals surface area contributed by atoms with Crippen molar-refractivity contribution >= 4 is 0 Å². The minimum absolute atomic E-state index is 0.0466. The van der Waals surface area contributed by atoms with E-state index in [0.717, 1.165) is 18.4 Å². The van der Waals surface area contributed by atoms with Crippen LogP contribution < -0.4 is 5.73 Å². The lowest BCUT2D eigenvalue weighted by atomic mass is 9.73. The summed E-state index contributed by atoms with van der Waals surface area (Å²) in [6, 6.07) is 7.94. The van der Waals surface area contributed by atoms with Gasteiger partial charge in [0.1, 0.15) is 5.67 Å². The largest absolute Gasteiger partial charge is 0.327 e. The first-order chi connectivity index (χ1) is 7.14. The summed E-state index contributed by atoms with van der Waals surface area (Å²) in [6.45, 7) is 2.15. The zero-order valence-corrected chi connectivity index (χ0v) is 9.17. The molecule has 1 fully saturated rings. The van der Waals surface area contributed by atoms with E-state index in [1.54, 1.807) is 0 Å². The highest BCUT2D eigenvalue weighted by Gasteiger charge is 2.44. The molecule has 0 amide bonds. The molecule has 2 N–H and O–H groups in total. The van der Waals surface area contributed by atoms with Gasteiger partial charge in [-0.15, -0.1) is 0 Å². The van der Waals surface area contributed by atoms with E-state index in [1.165, 1.54) is 5.56 Å². The predicted molar refractivity (Wildman–Crippen MR) is 60.4 cm³/mol. The van der Waals surface area contributed by atoms with Crippen LogP contribution >= 0.6 is 0 Å². The van der Waals surface area contributed by atoms with Crippen LogP contribution in [0.4, 0.5) is 4.39 Å². The van der Waals surface area contributed by atoms with Gasteiger partial charge in [-0.2, -0.15) is 0 Å². The van der Waals surface area contributed by atoms with Crippen molar-refractivity contribution in [1.29, 1.82) is 0 Å². The third kappa shape index (κ3) is 2.05. The Labute approximate surface area is 90.5 Å². The third-order valence-electron chi connectivity index (χ3n) is 3.18. The fraction of sp³-hybridized carbons (Fsp3) is 0.538. The lowest BCUT2D eigenvalue weighted by molar-refractivity contribution is 0.0405. The molecule has 0 heterocycles. The van der Waals surface area contributed by atoms with Gasteiger partial charge in [-0.3, -0.25) is 0 Å². The second-order valence-corrected chi connectivity index (χ2v) is 4.58. The molecule has 0 radical (unpaired) electrons. The van der Waals surface area contributed by atoms with E-state index in [4.69, 9.17) is 5.73 Å². The average Bonchev–Trinajstić information content (AvgIpc) is 2.17. The van der Waals surface area contributed by atoms with Crippen molar-refractivity contribution in [1.82, 2.24) is 0 Å². The van der Waals surface area contributed by atoms with E-state index < -0.39 is 5.67 Å². The molecule has 0 saturated heterocycles. The SMILES string of the molecule is CCCc1ccc(C2(F)CC(N)C2)cc1. The van der Waals surface area contributed by atoms with Crippen LogP contribution in [-0.4, -0.2) is 6.04 Å². The summed E-state index contributed by atoms with van der Waals surface area (Å²) in [4.78, 5) is 0. The molecule has 1 saturated carbocycles. The maximum atomic E-state index is 14.1. The lowest BCUT2D eigenvalue weighted by Gasteiger charge is -2.39. The summed E-state index contributed by atoms with van der Waals surface area (Å²) >= 11 is 0. The summed E-state index contributed by atoms with van der Waals surface area (Å²) in [6.07, 6.45) is 3.14. The molecular weight excluding hydrogens is 189 g/mol. The average molecular weight is 207 g/mol. The zero-order chi connectivity index (χ0) is 10.9. The number of aryl methyl sites for hydroxylation is 1. The van der Waals surface area contributed by atoms with Crippen LogP contribution in [0.15, 0.2) is 24.3 Å². The minimum Gasteiger partial charge on any atom is -0.327 e. The quantitative estimate of drug-likeness (QED) is 0.810. The van der Waals surface area contributed by atoms with Gasteiger partial charge in [-0.25, -0.2) is 4.39 Å². The molecule has 0 aromatic heterocycles. The van der Waals surface area contributed by atoms with Crippen molar-refractivity contribution in [2.75, 3.05) is 0 Å². The normalized spacial score (nSPS) is 29.9. The van der Waals surface area contributed by atoms with Crippen molar-refractivity contribution in [2.45, 2.75) is 44.3 Å². The van der Waals surface area contributed by atoms with Gasteiger partial charge in [0.15, 0.2) is 0 Å². The summed E-state index contributed by atoms with van der Waals surface area (Å²) in [5.74, 6) is 0. The highest BCUT2D eigenvalue weighted by atomic mass is 19.1. The number of halogens is 1. The topological polar surface area (TPSA) is 26.0 Å². The van der Waals surface area contributed by atoms with Gasteiger partial charge in [0.05, 0.1) is 0 Å². The summed E-state index contributed by atoms with van der Waals surface area (Å²) in [5.41, 5.74) is 6.56. The Hall–Kier alpha value is -0.890. The minimum atomic E-state index is -1.15. The third-order valence-corrected chi connectivity index (χ3v) is 3.18. The summed E-state index contributed by atoms with van der Waals surface area (Å²) in [5, 5.41) is 0. The second-order valence-electron chi connectivity index (χ2n) is 4.58. The van der Waals surface area contributed by atoms with Gasteiger partial charge in [0, 0.05) is 18.9 Å². The maximum absolute atomic E-state index is 14.1. The number of nitrogens with two attached hydrogens (primary N) is 1. The fourth-order valence-electron chi connectivity index (χ4n) is 2.27. The van der Waals surface area contributed by atoms with Crippen molar-refractivity contribution in [2.24, 2.45) is 5.73 Å². The summed E-state index contributed by atoms with van der Waals surface area (Å²) < 4.78 is 14.1. The molecule has 0 bridgehead atoms. The first kappa shape index (κ1) is 10.6. The molecule has 2 rings (SSSR count). The highest BCUT2D eigenvalue weighted by molar-refractivity contribution is 5.30. The molecule has 0 atom stereocenters. The Bertz CT molecular complexity index is 325. The van der Waals surface area contributed by atoms with E-state index in [9.17, 15) is 4.39 Å². The molecule has 82 valence electrons. The Morgan fingerprint density at radius 2 is 1.93 bits per heavy atom. The van der Waals surface area contributed by atoms with Crippen LogP contribution in [-0.2, 0) is 12.1 Å². The van der Waals surface area contributed by atoms with Crippen molar-refractivity contribution in [3.05, 3.63) is 35.4 Å². The van der Waals surface area contributed by atoms with Crippen LogP contribution in [0.3, 0.4) is 0 Å². The lowest BCUT2D eigenvalue weighted by Crippen LogP contribution is -2.46. The molecule has 0 unspecified atom stereocenters. The van der Waals surface area contributed by atoms with Gasteiger partial charge >= 0.3 is 0 Å². The van der Waals surface area contributed by atoms with Gasteiger partial charge in [0.2, 0.25) is 0 Å². The van der Waals surface area contributed by atoms with Gasteiger partial charge in [0.25, 0.3) is 0 Å². The Morgan fingerprint density at radius 3 is 2.40 bits per heavy atom. The first-order valence-electron chi connectivity index (χ1n) is 5.68. The van der Waals surface area contributed by atoms with Crippen molar-refractivity contribution < 1.29 is 4.39 Å². The first-order valence-corrected chi connectivity index (χ1v) is 5.68. The zero-order valence-electron chi connectivity index (χ0n) is 9.17. The standard InChI is InChI=1S/C13H18FN/c1-2-3-10-4-6-11(7-5-10)13(14)8-12(15)9-13/h4-7,12H,2-3,8-9,15H2,1H3. The van der Waals surface area contributed by atoms with E-state index in [2.05, 4.69) is 6.92 Å². The van der Waals surface area contributed by atoms with Gasteiger partial charge in [-0.05, 0) is 17.5 Å². The number of rotatable bonds is 3. The molecule has 15 heavy (non-hydrogen) atoms. The highest BCUT2D eigenvalue weighted by Crippen LogP contribution is 2.44. The van der Waals surface area contributed by atoms with E-state index in [-0.39, 0.29) is 6.04 Å². The molecule has 1 aliphatic carbocycles. The molecule has 1 aliphatic rings. The number of hydrogen-bond acceptors (Lipinski definition) is 1. The molecule has 1 aromatic carbocycles. The van der Waals surface area contributed by atoms with Crippen LogP contribution in [0, 0.1) is 0 Å². The van der Waals surface area contributed by atoms with E-state index in [0.29, 0.717) is 12.8 Å². The van der Waals surface area contributed by atoms with Gasteiger partial charge in [-0.1, -0.05) is 37.6 Å². The second kappa shape index (κ2) is 3.93. The number of hydrogen-bond donors (Lipinski definition) is 1. The predicted octanol–water partition coefficient (Wildman–Crippen LogP) is 2.93. The van der Waals surface area contributed by atoms with Crippen molar-refractivity contribution in [3.63, 3.8) is 0 Å². The van der Waals surface area contributed by atoms with Gasteiger partial charge < -0.3 is 5.73 Å². The van der Waals surface area contributed by atoms with Crippen LogP contribution in [0.2, 0.25) is 0 Å². The Morgan fingerprint density at radius 1 is 1.33 bits per heavy atom. The van der Waals surface area contributed by atoms with Crippen LogP contribution in [0.1, 0.15) is 37.3 Å². The van der Waals surface area contributed by atoms with E-state index in [1.807, 2.05) is 24.3 Å². The Balaban J connectivity index is 2.10. The smallest absolute Gasteiger partial charge is 0.139 e. The fourth-order valence-corrected chi connectivity index (χ4v) is 2.27. The Kier molecular flexibility index (Phi) is 2.79. The molecule has 2 heteroatoms. The maximum Gasteiger partial charge on any atom is 0.139 e. The molecule has 1 aromatic rings. The van der Waals surface area contributed by atoms with E-state index >= 15 is 0 Å². The molecule has 1 nitrogen and oxygen atoms in total. The molecule has 0 spiro atoms. The van der Waals surface area contributed by atoms with Crippen molar-refractivity contribution in [3.8, 4) is 0 Å². The van der Waals surface area contributed by atoms with Crippen LogP contribution in [0.5, 0.6) is 0 Å². The number of alkyl halides is 1. The molecule has 0 aliphatic heterocycles. The summed E-state index contributed by atoms with van der Waals surface area (Å²) in [7, 11) is 0. The number of benzene rings is 1. The monoisotopic (exact) mass is 207 g/mol. The van der Waals surface area contributed by atoms with Crippen LogP contribution in [0.25, 0.3) is 0 Å². The molecular formula is C13H18FN.